The number of carbonyl (C=O) groups is 2. The Morgan fingerprint density at radius 1 is 0.696 bits per heavy atom. The molecule has 0 spiro atoms. The second kappa shape index (κ2) is 14.4. The smallest absolute Gasteiger partial charge is 0.323 e. The zero-order valence-corrected chi connectivity index (χ0v) is 26.2. The standard InChI is InChI=1S/C34H39N9O3/c1-3-30-38-31(40-33(39-30)43-20-22-46-23-21-43)24-4-8-27(9-5-24)36-34(45)37-28-10-6-25(7-11-28)32(44)35-26-12-14-29(15-13-26)42-18-16-41(2)17-19-42/h4-15H,3,16-23H2,1-2H3,(H,35,44)(H2,36,37,45). The first-order valence-corrected chi connectivity index (χ1v) is 15.6. The highest BCUT2D eigenvalue weighted by Gasteiger charge is 2.18. The van der Waals surface area contributed by atoms with Gasteiger partial charge in [0.15, 0.2) is 5.82 Å². The minimum Gasteiger partial charge on any atom is -0.378 e. The van der Waals surface area contributed by atoms with E-state index in [1.807, 2.05) is 55.5 Å². The van der Waals surface area contributed by atoms with Crippen LogP contribution in [0, 0.1) is 0 Å². The van der Waals surface area contributed by atoms with Gasteiger partial charge in [-0.1, -0.05) is 6.92 Å². The number of aromatic nitrogens is 3. The Kier molecular flexibility index (Phi) is 9.65. The van der Waals surface area contributed by atoms with Gasteiger partial charge in [-0.2, -0.15) is 9.97 Å². The summed E-state index contributed by atoms with van der Waals surface area (Å²) >= 11 is 0. The third kappa shape index (κ3) is 7.76. The lowest BCUT2D eigenvalue weighted by Gasteiger charge is -2.34. The van der Waals surface area contributed by atoms with Crippen LogP contribution < -0.4 is 25.8 Å². The molecule has 2 fully saturated rings. The van der Waals surface area contributed by atoms with Crippen molar-refractivity contribution in [3.63, 3.8) is 0 Å². The molecule has 3 heterocycles. The molecule has 0 radical (unpaired) electrons. The van der Waals surface area contributed by atoms with Crippen LogP contribution in [0.15, 0.2) is 72.8 Å². The molecule has 0 atom stereocenters. The zero-order chi connectivity index (χ0) is 31.9. The van der Waals surface area contributed by atoms with Crippen molar-refractivity contribution >= 4 is 40.6 Å². The number of urea groups is 1. The molecule has 3 amide bonds. The number of rotatable bonds is 8. The first-order chi connectivity index (χ1) is 22.4. The van der Waals surface area contributed by atoms with Crippen LogP contribution in [-0.4, -0.2) is 91.3 Å². The third-order valence-corrected chi connectivity index (χ3v) is 8.08. The number of anilines is 5. The molecular formula is C34H39N9O3. The molecule has 3 N–H and O–H groups in total. The molecule has 2 saturated heterocycles. The molecule has 2 aliphatic rings. The van der Waals surface area contributed by atoms with Crippen molar-refractivity contribution in [1.82, 2.24) is 19.9 Å². The summed E-state index contributed by atoms with van der Waals surface area (Å²) in [5.74, 6) is 1.76. The number of piperazine rings is 1. The molecule has 2 aliphatic heterocycles. The van der Waals surface area contributed by atoms with E-state index in [0.29, 0.717) is 48.3 Å². The lowest BCUT2D eigenvalue weighted by atomic mass is 10.1. The predicted molar refractivity (Wildman–Crippen MR) is 181 cm³/mol. The molecule has 1 aromatic heterocycles. The summed E-state index contributed by atoms with van der Waals surface area (Å²) in [5, 5.41) is 8.60. The van der Waals surface area contributed by atoms with E-state index in [1.54, 1.807) is 24.3 Å². The molecule has 4 aromatic rings. The normalized spacial score (nSPS) is 15.3. The van der Waals surface area contributed by atoms with E-state index in [-0.39, 0.29) is 5.91 Å². The molecule has 3 aromatic carbocycles. The molecule has 0 unspecified atom stereocenters. The monoisotopic (exact) mass is 621 g/mol. The number of ether oxygens (including phenoxy) is 1. The quantitative estimate of drug-likeness (QED) is 0.259. The van der Waals surface area contributed by atoms with E-state index in [1.165, 1.54) is 0 Å². The number of likely N-dealkylation sites (N-methyl/N-ethyl adjacent to an activating group) is 1. The largest absolute Gasteiger partial charge is 0.378 e. The first kappa shape index (κ1) is 30.9. The maximum absolute atomic E-state index is 12.8. The van der Waals surface area contributed by atoms with Crippen LogP contribution in [0.4, 0.5) is 33.5 Å². The highest BCUT2D eigenvalue weighted by molar-refractivity contribution is 6.05. The van der Waals surface area contributed by atoms with Crippen molar-refractivity contribution in [2.24, 2.45) is 0 Å². The third-order valence-electron chi connectivity index (χ3n) is 8.08. The number of hydrogen-bond acceptors (Lipinski definition) is 9. The van der Waals surface area contributed by atoms with Gasteiger partial charge in [0.25, 0.3) is 5.91 Å². The average Bonchev–Trinajstić information content (AvgIpc) is 3.10. The van der Waals surface area contributed by atoms with Crippen LogP contribution in [0.5, 0.6) is 0 Å². The average molecular weight is 622 g/mol. The Hall–Kier alpha value is -5.07. The minimum atomic E-state index is -0.395. The molecular weight excluding hydrogens is 582 g/mol. The Labute approximate surface area is 268 Å². The van der Waals surface area contributed by atoms with E-state index >= 15 is 0 Å². The van der Waals surface area contributed by atoms with E-state index < -0.39 is 6.03 Å². The van der Waals surface area contributed by atoms with Gasteiger partial charge in [0.1, 0.15) is 5.82 Å². The van der Waals surface area contributed by atoms with Crippen molar-refractivity contribution < 1.29 is 14.3 Å². The summed E-state index contributed by atoms with van der Waals surface area (Å²) in [4.78, 5) is 46.2. The van der Waals surface area contributed by atoms with Gasteiger partial charge >= 0.3 is 6.03 Å². The number of morpholine rings is 1. The second-order valence-electron chi connectivity index (χ2n) is 11.4. The predicted octanol–water partition coefficient (Wildman–Crippen LogP) is 4.59. The van der Waals surface area contributed by atoms with Crippen LogP contribution in [-0.2, 0) is 11.2 Å². The molecule has 0 bridgehead atoms. The fourth-order valence-electron chi connectivity index (χ4n) is 5.32. The molecule has 12 nitrogen and oxygen atoms in total. The van der Waals surface area contributed by atoms with Crippen molar-refractivity contribution in [1.29, 1.82) is 0 Å². The molecule has 0 saturated carbocycles. The minimum absolute atomic E-state index is 0.218. The Balaban J connectivity index is 1.01. The molecule has 12 heteroatoms. The van der Waals surface area contributed by atoms with Gasteiger partial charge < -0.3 is 35.4 Å². The van der Waals surface area contributed by atoms with Gasteiger partial charge in [-0.15, -0.1) is 0 Å². The van der Waals surface area contributed by atoms with Crippen molar-refractivity contribution in [3.05, 3.63) is 84.2 Å². The number of benzene rings is 3. The maximum atomic E-state index is 12.8. The number of carbonyl (C=O) groups excluding carboxylic acids is 2. The fourth-order valence-corrected chi connectivity index (χ4v) is 5.32. The van der Waals surface area contributed by atoms with Gasteiger partial charge in [-0.25, -0.2) is 9.78 Å². The van der Waals surface area contributed by atoms with Crippen molar-refractivity contribution in [2.45, 2.75) is 13.3 Å². The van der Waals surface area contributed by atoms with E-state index in [2.05, 4.69) is 47.7 Å². The molecule has 6 rings (SSSR count). The lowest BCUT2D eigenvalue weighted by Crippen LogP contribution is -2.44. The van der Waals surface area contributed by atoms with Crippen LogP contribution in [0.25, 0.3) is 11.4 Å². The van der Waals surface area contributed by atoms with Crippen molar-refractivity contribution in [2.75, 3.05) is 85.3 Å². The fraction of sp³-hybridized carbons (Fsp3) is 0.324. The van der Waals surface area contributed by atoms with Crippen LogP contribution in [0.3, 0.4) is 0 Å². The zero-order valence-electron chi connectivity index (χ0n) is 26.2. The maximum Gasteiger partial charge on any atom is 0.323 e. The van der Waals surface area contributed by atoms with E-state index in [0.717, 1.165) is 62.0 Å². The highest BCUT2D eigenvalue weighted by atomic mass is 16.5. The second-order valence-corrected chi connectivity index (χ2v) is 11.4. The van der Waals surface area contributed by atoms with Gasteiger partial charge in [0, 0.05) is 79.6 Å². The summed E-state index contributed by atoms with van der Waals surface area (Å²) in [6, 6.07) is 21.7. The summed E-state index contributed by atoms with van der Waals surface area (Å²) < 4.78 is 5.46. The van der Waals surface area contributed by atoms with Crippen LogP contribution in [0.2, 0.25) is 0 Å². The van der Waals surface area contributed by atoms with Gasteiger partial charge in [0.05, 0.1) is 13.2 Å². The summed E-state index contributed by atoms with van der Waals surface area (Å²) in [6.45, 7) is 8.87. The van der Waals surface area contributed by atoms with Gasteiger partial charge in [0.2, 0.25) is 5.95 Å². The topological polar surface area (TPSA) is 128 Å². The van der Waals surface area contributed by atoms with Crippen molar-refractivity contribution in [3.8, 4) is 11.4 Å². The number of aryl methyl sites for hydroxylation is 1. The summed E-state index contributed by atoms with van der Waals surface area (Å²) in [6.07, 6.45) is 0.698. The SMILES string of the molecule is CCc1nc(-c2ccc(NC(=O)Nc3ccc(C(=O)Nc4ccc(N5CCN(C)CC5)cc4)cc3)cc2)nc(N2CCOCC2)n1. The van der Waals surface area contributed by atoms with Gasteiger partial charge in [-0.05, 0) is 79.8 Å². The highest BCUT2D eigenvalue weighted by Crippen LogP contribution is 2.23. The Morgan fingerprint density at radius 2 is 1.28 bits per heavy atom. The number of hydrogen-bond donors (Lipinski definition) is 3. The molecule has 46 heavy (non-hydrogen) atoms. The summed E-state index contributed by atoms with van der Waals surface area (Å²) in [7, 11) is 2.14. The van der Waals surface area contributed by atoms with Crippen LogP contribution >= 0.6 is 0 Å². The van der Waals surface area contributed by atoms with Crippen LogP contribution in [0.1, 0.15) is 23.1 Å². The number of nitrogens with one attached hydrogen (secondary N) is 3. The first-order valence-electron chi connectivity index (χ1n) is 15.6. The van der Waals surface area contributed by atoms with E-state index in [4.69, 9.17) is 9.72 Å². The lowest BCUT2D eigenvalue weighted by molar-refractivity contribution is 0.102. The number of nitrogens with zero attached hydrogens (tertiary/aromatic N) is 6. The number of amides is 3. The Morgan fingerprint density at radius 3 is 1.91 bits per heavy atom. The molecule has 0 aliphatic carbocycles. The Bertz CT molecular complexity index is 1630. The van der Waals surface area contributed by atoms with E-state index in [9.17, 15) is 9.59 Å². The van der Waals surface area contributed by atoms with Gasteiger partial charge in [-0.3, -0.25) is 4.79 Å². The molecule has 238 valence electrons. The summed E-state index contributed by atoms with van der Waals surface area (Å²) in [5.41, 5.74) is 4.39.